The van der Waals surface area contributed by atoms with Crippen LogP contribution in [0.4, 0.5) is 0 Å². The second-order valence-corrected chi connectivity index (χ2v) is 9.03. The molecule has 6 nitrogen and oxygen atoms in total. The van der Waals surface area contributed by atoms with Gasteiger partial charge in [-0.25, -0.2) is 0 Å². The monoisotopic (exact) mass is 439 g/mol. The van der Waals surface area contributed by atoms with E-state index in [1.54, 1.807) is 7.05 Å². The fourth-order valence-corrected chi connectivity index (χ4v) is 4.37. The summed E-state index contributed by atoms with van der Waals surface area (Å²) in [6.07, 6.45) is 2.57. The molecule has 3 rings (SSSR count). The lowest BCUT2D eigenvalue weighted by Gasteiger charge is -2.40. The van der Waals surface area contributed by atoms with Crippen LogP contribution in [-0.2, 0) is 11.3 Å². The highest BCUT2D eigenvalue weighted by Gasteiger charge is 2.35. The van der Waals surface area contributed by atoms with E-state index in [2.05, 4.69) is 52.3 Å². The van der Waals surface area contributed by atoms with Gasteiger partial charge in [0.15, 0.2) is 17.5 Å². The molecular weight excluding hydrogens is 410 g/mol. The summed E-state index contributed by atoms with van der Waals surface area (Å²) < 4.78 is 17.9. The van der Waals surface area contributed by atoms with Crippen molar-refractivity contribution < 1.29 is 14.2 Å². The van der Waals surface area contributed by atoms with Gasteiger partial charge in [0, 0.05) is 32.7 Å². The molecule has 2 N–H and O–H groups in total. The van der Waals surface area contributed by atoms with E-state index in [1.807, 2.05) is 12.1 Å². The number of guanidine groups is 1. The smallest absolute Gasteiger partial charge is 0.231 e. The van der Waals surface area contributed by atoms with Crippen LogP contribution in [0, 0.1) is 11.3 Å². The SMILES string of the molecule is CN=C(NCc1cc(Br)c2c(c1)OCO2)NCC1CCCOC1C(C)(C)C. The molecule has 0 bridgehead atoms. The van der Waals surface area contributed by atoms with Gasteiger partial charge in [0.1, 0.15) is 0 Å². The van der Waals surface area contributed by atoms with Crippen molar-refractivity contribution >= 4 is 21.9 Å². The number of fused-ring (bicyclic) bond motifs is 1. The third kappa shape index (κ3) is 5.08. The quantitative estimate of drug-likeness (QED) is 0.553. The Kier molecular flexibility index (Phi) is 6.52. The van der Waals surface area contributed by atoms with Gasteiger partial charge in [0.25, 0.3) is 0 Å². The van der Waals surface area contributed by atoms with Crippen LogP contribution < -0.4 is 20.1 Å². The zero-order valence-electron chi connectivity index (χ0n) is 16.6. The minimum absolute atomic E-state index is 0.141. The Labute approximate surface area is 170 Å². The van der Waals surface area contributed by atoms with E-state index < -0.39 is 0 Å². The van der Waals surface area contributed by atoms with Gasteiger partial charge in [0.2, 0.25) is 6.79 Å². The molecule has 0 amide bonds. The second kappa shape index (κ2) is 8.69. The highest BCUT2D eigenvalue weighted by atomic mass is 79.9. The maximum atomic E-state index is 6.07. The van der Waals surface area contributed by atoms with Crippen LogP contribution in [0.5, 0.6) is 11.5 Å². The van der Waals surface area contributed by atoms with Crippen molar-refractivity contribution in [1.29, 1.82) is 0 Å². The highest BCUT2D eigenvalue weighted by molar-refractivity contribution is 9.10. The van der Waals surface area contributed by atoms with Crippen LogP contribution in [0.2, 0.25) is 0 Å². The number of hydrogen-bond donors (Lipinski definition) is 2. The molecular formula is C20H30BrN3O3. The Hall–Kier alpha value is -1.47. The van der Waals surface area contributed by atoms with Crippen molar-refractivity contribution in [2.24, 2.45) is 16.3 Å². The molecule has 0 aromatic heterocycles. The number of aliphatic imine (C=N–C) groups is 1. The number of hydrogen-bond acceptors (Lipinski definition) is 4. The van der Waals surface area contributed by atoms with E-state index >= 15 is 0 Å². The summed E-state index contributed by atoms with van der Waals surface area (Å²) in [5.74, 6) is 2.82. The Bertz CT molecular complexity index is 688. The van der Waals surface area contributed by atoms with Gasteiger partial charge >= 0.3 is 0 Å². The summed E-state index contributed by atoms with van der Waals surface area (Å²) in [7, 11) is 1.80. The molecule has 1 aromatic rings. The number of rotatable bonds is 4. The zero-order valence-corrected chi connectivity index (χ0v) is 18.2. The van der Waals surface area contributed by atoms with Crippen LogP contribution in [0.25, 0.3) is 0 Å². The maximum Gasteiger partial charge on any atom is 0.231 e. The van der Waals surface area contributed by atoms with Gasteiger partial charge < -0.3 is 24.8 Å². The first kappa shape index (κ1) is 20.3. The van der Waals surface area contributed by atoms with Crippen molar-refractivity contribution in [3.05, 3.63) is 22.2 Å². The van der Waals surface area contributed by atoms with E-state index in [-0.39, 0.29) is 18.3 Å². The van der Waals surface area contributed by atoms with Crippen LogP contribution in [0.15, 0.2) is 21.6 Å². The molecule has 2 aliphatic rings. The minimum atomic E-state index is 0.141. The lowest BCUT2D eigenvalue weighted by atomic mass is 9.78. The molecule has 2 heterocycles. The molecule has 0 radical (unpaired) electrons. The Morgan fingerprint density at radius 2 is 2.07 bits per heavy atom. The van der Waals surface area contributed by atoms with Crippen LogP contribution in [-0.4, -0.2) is 39.1 Å². The summed E-state index contributed by atoms with van der Waals surface area (Å²) in [5, 5.41) is 6.85. The Balaban J connectivity index is 1.55. The summed E-state index contributed by atoms with van der Waals surface area (Å²) in [6.45, 7) is 9.39. The summed E-state index contributed by atoms with van der Waals surface area (Å²) >= 11 is 3.54. The summed E-state index contributed by atoms with van der Waals surface area (Å²) in [6, 6.07) is 4.04. The van der Waals surface area contributed by atoms with E-state index in [0.29, 0.717) is 12.5 Å². The molecule has 1 fully saturated rings. The van der Waals surface area contributed by atoms with Gasteiger partial charge in [-0.2, -0.15) is 0 Å². The normalized spacial score (nSPS) is 22.6. The van der Waals surface area contributed by atoms with Crippen molar-refractivity contribution in [3.63, 3.8) is 0 Å². The number of ether oxygens (including phenoxy) is 3. The van der Waals surface area contributed by atoms with Gasteiger partial charge in [-0.15, -0.1) is 0 Å². The highest BCUT2D eigenvalue weighted by Crippen LogP contribution is 2.40. The molecule has 0 aliphatic carbocycles. The van der Waals surface area contributed by atoms with E-state index in [4.69, 9.17) is 14.2 Å². The fourth-order valence-electron chi connectivity index (χ4n) is 3.77. The topological polar surface area (TPSA) is 64.1 Å². The molecule has 0 spiro atoms. The predicted molar refractivity (Wildman–Crippen MR) is 110 cm³/mol. The van der Waals surface area contributed by atoms with Crippen molar-refractivity contribution in [1.82, 2.24) is 10.6 Å². The van der Waals surface area contributed by atoms with Crippen molar-refractivity contribution in [3.8, 4) is 11.5 Å². The maximum absolute atomic E-state index is 6.07. The molecule has 2 aliphatic heterocycles. The van der Waals surface area contributed by atoms with E-state index in [1.165, 1.54) is 6.42 Å². The molecule has 1 saturated heterocycles. The lowest BCUT2D eigenvalue weighted by molar-refractivity contribution is -0.0835. The van der Waals surface area contributed by atoms with Crippen LogP contribution in [0.1, 0.15) is 39.2 Å². The Morgan fingerprint density at radius 1 is 1.26 bits per heavy atom. The van der Waals surface area contributed by atoms with Gasteiger partial charge in [0.05, 0.1) is 10.6 Å². The van der Waals surface area contributed by atoms with Crippen LogP contribution >= 0.6 is 15.9 Å². The average Bonchev–Trinajstić information content (AvgIpc) is 3.10. The first-order valence-corrected chi connectivity index (χ1v) is 10.3. The van der Waals surface area contributed by atoms with Gasteiger partial charge in [-0.1, -0.05) is 20.8 Å². The second-order valence-electron chi connectivity index (χ2n) is 8.18. The molecule has 27 heavy (non-hydrogen) atoms. The van der Waals surface area contributed by atoms with Crippen LogP contribution in [0.3, 0.4) is 0 Å². The molecule has 150 valence electrons. The molecule has 2 unspecified atom stereocenters. The van der Waals surface area contributed by atoms with Crippen molar-refractivity contribution in [2.75, 3.05) is 27.0 Å². The van der Waals surface area contributed by atoms with Crippen molar-refractivity contribution in [2.45, 2.75) is 46.3 Å². The summed E-state index contributed by atoms with van der Waals surface area (Å²) in [5.41, 5.74) is 1.24. The van der Waals surface area contributed by atoms with Gasteiger partial charge in [-0.05, 0) is 51.9 Å². The number of nitrogens with one attached hydrogen (secondary N) is 2. The first-order chi connectivity index (χ1) is 12.9. The van der Waals surface area contributed by atoms with E-state index in [0.717, 1.165) is 47.1 Å². The third-order valence-corrected chi connectivity index (χ3v) is 5.59. The lowest BCUT2D eigenvalue weighted by Crippen LogP contribution is -2.47. The zero-order chi connectivity index (χ0) is 19.4. The average molecular weight is 440 g/mol. The number of nitrogens with zero attached hydrogens (tertiary/aromatic N) is 1. The predicted octanol–water partition coefficient (Wildman–Crippen LogP) is 3.68. The molecule has 2 atom stereocenters. The third-order valence-electron chi connectivity index (χ3n) is 5.00. The Morgan fingerprint density at radius 3 is 2.81 bits per heavy atom. The first-order valence-electron chi connectivity index (χ1n) is 9.52. The number of benzene rings is 1. The molecule has 7 heteroatoms. The standard InChI is InChI=1S/C20H30BrN3O3/c1-20(2,3)18-14(6-5-7-25-18)11-24-19(22-4)23-10-13-8-15(21)17-16(9-13)26-12-27-17/h8-9,14,18H,5-7,10-12H2,1-4H3,(H2,22,23,24). The van der Waals surface area contributed by atoms with Gasteiger partial charge in [-0.3, -0.25) is 4.99 Å². The summed E-state index contributed by atoms with van der Waals surface area (Å²) in [4.78, 5) is 4.36. The molecule has 1 aromatic carbocycles. The number of halogens is 1. The fraction of sp³-hybridized carbons (Fsp3) is 0.650. The van der Waals surface area contributed by atoms with E-state index in [9.17, 15) is 0 Å². The minimum Gasteiger partial charge on any atom is -0.454 e. The largest absolute Gasteiger partial charge is 0.454 e. The molecule has 0 saturated carbocycles.